The van der Waals surface area contributed by atoms with Crippen LogP contribution in [0.3, 0.4) is 0 Å². The Morgan fingerprint density at radius 3 is 0.766 bits per heavy atom. The average Bonchev–Trinajstić information content (AvgIpc) is 3.06. The summed E-state index contributed by atoms with van der Waals surface area (Å²) >= 11 is 0. The Bertz CT molecular complexity index is 523. The van der Waals surface area contributed by atoms with Gasteiger partial charge in [0.05, 0.1) is 12.2 Å². The summed E-state index contributed by atoms with van der Waals surface area (Å²) in [7, 11) is 0. The molecule has 0 aromatic carbocycles. The molecule has 0 heterocycles. The zero-order valence-corrected chi connectivity index (χ0v) is 33.1. The highest BCUT2D eigenvalue weighted by molar-refractivity contribution is 4.70. The highest BCUT2D eigenvalue weighted by Crippen LogP contribution is 2.16. The Morgan fingerprint density at radius 1 is 0.298 bits per heavy atom. The van der Waals surface area contributed by atoms with Gasteiger partial charge in [-0.1, -0.05) is 233 Å². The minimum atomic E-state index is -0.250. The molecule has 0 aliphatic carbocycles. The summed E-state index contributed by atoms with van der Waals surface area (Å²) in [6.07, 6.45) is 47.6. The minimum Gasteiger partial charge on any atom is -0.392 e. The van der Waals surface area contributed by atoms with Gasteiger partial charge in [-0.15, -0.1) is 0 Å². The zero-order chi connectivity index (χ0) is 34.3. The van der Waals surface area contributed by atoms with Gasteiger partial charge in [-0.3, -0.25) is 4.90 Å². The van der Waals surface area contributed by atoms with E-state index in [0.717, 1.165) is 45.3 Å². The van der Waals surface area contributed by atoms with Crippen molar-refractivity contribution in [1.82, 2.24) is 4.90 Å². The molecule has 0 aromatic heterocycles. The van der Waals surface area contributed by atoms with Gasteiger partial charge >= 0.3 is 0 Å². The third-order valence-corrected chi connectivity index (χ3v) is 10.5. The van der Waals surface area contributed by atoms with E-state index in [4.69, 9.17) is 0 Å². The van der Waals surface area contributed by atoms with Crippen molar-refractivity contribution in [2.45, 2.75) is 264 Å². The molecule has 2 atom stereocenters. The second kappa shape index (κ2) is 40.3. The molecule has 0 saturated carbocycles. The number of aliphatic hydroxyl groups is 2. The van der Waals surface area contributed by atoms with E-state index in [1.807, 2.05) is 0 Å². The molecule has 0 aliphatic heterocycles. The lowest BCUT2D eigenvalue weighted by atomic mass is 10.0. The highest BCUT2D eigenvalue weighted by atomic mass is 16.3. The summed E-state index contributed by atoms with van der Waals surface area (Å²) in [6, 6.07) is 0. The number of hydrogen-bond donors (Lipinski definition) is 2. The van der Waals surface area contributed by atoms with Crippen LogP contribution in [-0.2, 0) is 0 Å². The van der Waals surface area contributed by atoms with Crippen LogP contribution in [0.1, 0.15) is 252 Å². The summed E-state index contributed by atoms with van der Waals surface area (Å²) < 4.78 is 0. The smallest absolute Gasteiger partial charge is 0.0667 e. The molecule has 3 nitrogen and oxygen atoms in total. The summed E-state index contributed by atoms with van der Waals surface area (Å²) in [5.74, 6) is 0. The van der Waals surface area contributed by atoms with Crippen LogP contribution < -0.4 is 0 Å². The van der Waals surface area contributed by atoms with E-state index in [0.29, 0.717) is 0 Å². The first kappa shape index (κ1) is 46.9. The Balaban J connectivity index is 4.18. The second-order valence-corrected chi connectivity index (χ2v) is 15.6. The number of rotatable bonds is 41. The fourth-order valence-electron chi connectivity index (χ4n) is 7.30. The molecule has 0 spiro atoms. The third-order valence-electron chi connectivity index (χ3n) is 10.5. The molecule has 0 fully saturated rings. The normalized spacial score (nSPS) is 13.1. The Morgan fingerprint density at radius 2 is 0.511 bits per heavy atom. The van der Waals surface area contributed by atoms with Crippen molar-refractivity contribution in [1.29, 1.82) is 0 Å². The van der Waals surface area contributed by atoms with Gasteiger partial charge in [0, 0.05) is 13.1 Å². The lowest BCUT2D eigenvalue weighted by Gasteiger charge is -2.27. The van der Waals surface area contributed by atoms with Crippen molar-refractivity contribution in [2.75, 3.05) is 19.6 Å². The highest BCUT2D eigenvalue weighted by Gasteiger charge is 2.16. The van der Waals surface area contributed by atoms with E-state index in [2.05, 4.69) is 25.7 Å². The fraction of sp³-hybridized carbons (Fsp3) is 1.00. The van der Waals surface area contributed by atoms with Crippen molar-refractivity contribution in [3.8, 4) is 0 Å². The van der Waals surface area contributed by atoms with E-state index < -0.39 is 0 Å². The number of nitrogens with zero attached hydrogens (tertiary/aromatic N) is 1. The van der Waals surface area contributed by atoms with E-state index >= 15 is 0 Å². The van der Waals surface area contributed by atoms with Crippen LogP contribution in [0.15, 0.2) is 0 Å². The maximum atomic E-state index is 10.9. The zero-order valence-electron chi connectivity index (χ0n) is 33.1. The van der Waals surface area contributed by atoms with Crippen molar-refractivity contribution in [2.24, 2.45) is 0 Å². The monoisotopic (exact) mass is 666 g/mol. The molecule has 2 N–H and O–H groups in total. The molecule has 2 unspecified atom stereocenters. The van der Waals surface area contributed by atoms with Gasteiger partial charge in [0.1, 0.15) is 0 Å². The third kappa shape index (κ3) is 38.5. The minimum absolute atomic E-state index is 0.250. The largest absolute Gasteiger partial charge is 0.392 e. The van der Waals surface area contributed by atoms with E-state index in [-0.39, 0.29) is 12.2 Å². The summed E-state index contributed by atoms with van der Waals surface area (Å²) in [6.45, 7) is 9.38. The first-order chi connectivity index (χ1) is 23.1. The summed E-state index contributed by atoms with van der Waals surface area (Å²) in [5, 5.41) is 21.8. The first-order valence-electron chi connectivity index (χ1n) is 22.2. The molecular weight excluding hydrogens is 574 g/mol. The second-order valence-electron chi connectivity index (χ2n) is 15.6. The molecule has 0 saturated heterocycles. The molecule has 284 valence electrons. The molecule has 3 heteroatoms. The van der Waals surface area contributed by atoms with Crippen LogP contribution >= 0.6 is 0 Å². The van der Waals surface area contributed by atoms with Gasteiger partial charge in [-0.2, -0.15) is 0 Å². The SMILES string of the molecule is CCCCCCCCCCCCCCCCN(CC(O)CCCCCCCCCCCC)CC(O)CCCCCCCCCCCC. The lowest BCUT2D eigenvalue weighted by molar-refractivity contribution is 0.0596. The maximum absolute atomic E-state index is 10.9. The van der Waals surface area contributed by atoms with Crippen molar-refractivity contribution >= 4 is 0 Å². The van der Waals surface area contributed by atoms with Crippen LogP contribution in [0.2, 0.25) is 0 Å². The van der Waals surface area contributed by atoms with Crippen LogP contribution in [0.25, 0.3) is 0 Å². The molecule has 0 radical (unpaired) electrons. The molecule has 47 heavy (non-hydrogen) atoms. The molecule has 0 amide bonds. The van der Waals surface area contributed by atoms with Crippen molar-refractivity contribution in [3.63, 3.8) is 0 Å². The fourth-order valence-corrected chi connectivity index (χ4v) is 7.30. The quantitative estimate of drug-likeness (QED) is 0.0639. The van der Waals surface area contributed by atoms with Crippen molar-refractivity contribution in [3.05, 3.63) is 0 Å². The van der Waals surface area contributed by atoms with Crippen LogP contribution in [0.4, 0.5) is 0 Å². The maximum Gasteiger partial charge on any atom is 0.0667 e. The van der Waals surface area contributed by atoms with Crippen LogP contribution in [-0.4, -0.2) is 47.0 Å². The molecule has 0 rings (SSSR count). The summed E-state index contributed by atoms with van der Waals surface area (Å²) in [5.41, 5.74) is 0. The van der Waals surface area contributed by atoms with Crippen molar-refractivity contribution < 1.29 is 10.2 Å². The molecule has 0 aromatic rings. The molecular formula is C44H91NO2. The van der Waals surface area contributed by atoms with Crippen LogP contribution in [0.5, 0.6) is 0 Å². The number of unbranched alkanes of at least 4 members (excludes halogenated alkanes) is 31. The van der Waals surface area contributed by atoms with Gasteiger partial charge in [0.25, 0.3) is 0 Å². The topological polar surface area (TPSA) is 43.7 Å². The van der Waals surface area contributed by atoms with E-state index in [1.165, 1.54) is 205 Å². The Kier molecular flexibility index (Phi) is 40.2. The van der Waals surface area contributed by atoms with E-state index in [9.17, 15) is 10.2 Å². The van der Waals surface area contributed by atoms with E-state index in [1.54, 1.807) is 0 Å². The number of hydrogen-bond acceptors (Lipinski definition) is 3. The first-order valence-corrected chi connectivity index (χ1v) is 22.2. The lowest BCUT2D eigenvalue weighted by Crippen LogP contribution is -2.38. The number of aliphatic hydroxyl groups excluding tert-OH is 2. The molecule has 0 bridgehead atoms. The Labute approximate surface area is 298 Å². The molecule has 0 aliphatic rings. The predicted octanol–water partition coefficient (Wildman–Crippen LogP) is 14.1. The van der Waals surface area contributed by atoms with Gasteiger partial charge in [0.15, 0.2) is 0 Å². The predicted molar refractivity (Wildman–Crippen MR) is 212 cm³/mol. The van der Waals surface area contributed by atoms with Gasteiger partial charge in [-0.05, 0) is 25.8 Å². The summed E-state index contributed by atoms with van der Waals surface area (Å²) in [4.78, 5) is 2.41. The van der Waals surface area contributed by atoms with Crippen LogP contribution in [0, 0.1) is 0 Å². The van der Waals surface area contributed by atoms with Gasteiger partial charge in [0.2, 0.25) is 0 Å². The van der Waals surface area contributed by atoms with Gasteiger partial charge < -0.3 is 10.2 Å². The average molecular weight is 666 g/mol. The Hall–Kier alpha value is -0.120. The van der Waals surface area contributed by atoms with Gasteiger partial charge in [-0.25, -0.2) is 0 Å². The standard InChI is InChI=1S/C44H91NO2/c1-4-7-10-13-16-19-22-23-24-25-28-31-34-37-40-45(41-43(46)38-35-32-29-26-20-17-14-11-8-5-2)42-44(47)39-36-33-30-27-21-18-15-12-9-6-3/h43-44,46-47H,4-42H2,1-3H3.